The molecule has 0 aliphatic carbocycles. The number of carbonyl (C=O) groups is 3. The molecule has 0 bridgehead atoms. The Morgan fingerprint density at radius 1 is 1.12 bits per heavy atom. The summed E-state index contributed by atoms with van der Waals surface area (Å²) in [5.74, 6) is -2.66. The van der Waals surface area contributed by atoms with Gasteiger partial charge in [-0.2, -0.15) is 0 Å². The summed E-state index contributed by atoms with van der Waals surface area (Å²) in [4.78, 5) is 33.2. The quantitative estimate of drug-likeness (QED) is 0.469. The molecule has 7 heteroatoms. The van der Waals surface area contributed by atoms with Gasteiger partial charge < -0.3 is 20.5 Å². The Kier molecular flexibility index (Phi) is 6.66. The van der Waals surface area contributed by atoms with Gasteiger partial charge in [0.15, 0.2) is 5.92 Å². The molecular weight excluding hydrogens is 216 g/mol. The highest BCUT2D eigenvalue weighted by Gasteiger charge is 2.29. The van der Waals surface area contributed by atoms with Gasteiger partial charge in [0.25, 0.3) is 0 Å². The first kappa shape index (κ1) is 14.2. The number of hydrogen-bond acceptors (Lipinski definition) is 5. The molecule has 7 nitrogen and oxygen atoms in total. The molecule has 0 saturated heterocycles. The van der Waals surface area contributed by atoms with E-state index in [1.165, 1.54) is 0 Å². The summed E-state index contributed by atoms with van der Waals surface area (Å²) < 4.78 is 9.34. The van der Waals surface area contributed by atoms with Gasteiger partial charge in [-0.15, -0.1) is 0 Å². The molecule has 0 atom stereocenters. The second-order valence-electron chi connectivity index (χ2n) is 2.80. The van der Waals surface area contributed by atoms with Crippen molar-refractivity contribution in [1.82, 2.24) is 5.32 Å². The fraction of sp³-hybridized carbons (Fsp3) is 0.667. The number of nitrogens with one attached hydrogen (secondary N) is 1. The van der Waals surface area contributed by atoms with Crippen LogP contribution in [-0.2, 0) is 19.1 Å². The van der Waals surface area contributed by atoms with Gasteiger partial charge in [0.05, 0.1) is 13.2 Å². The minimum atomic E-state index is -1.17. The molecule has 0 heterocycles. The molecule has 0 rings (SSSR count). The van der Waals surface area contributed by atoms with Gasteiger partial charge in [-0.3, -0.25) is 9.59 Å². The van der Waals surface area contributed by atoms with Crippen LogP contribution in [-0.4, -0.2) is 37.7 Å². The lowest BCUT2D eigenvalue weighted by Crippen LogP contribution is -2.41. The molecule has 0 unspecified atom stereocenters. The van der Waals surface area contributed by atoms with Crippen LogP contribution in [0.1, 0.15) is 13.8 Å². The fourth-order valence-electron chi connectivity index (χ4n) is 0.951. The Balaban J connectivity index is 4.42. The van der Waals surface area contributed by atoms with Crippen molar-refractivity contribution in [2.75, 3.05) is 19.8 Å². The highest BCUT2D eigenvalue weighted by atomic mass is 16.6. The molecule has 2 amide bonds. The maximum absolute atomic E-state index is 11.4. The lowest BCUT2D eigenvalue weighted by molar-refractivity contribution is -0.161. The summed E-state index contributed by atoms with van der Waals surface area (Å²) in [7, 11) is 0. The van der Waals surface area contributed by atoms with E-state index in [-0.39, 0.29) is 19.8 Å². The van der Waals surface area contributed by atoms with Gasteiger partial charge in [-0.25, -0.2) is 4.79 Å². The van der Waals surface area contributed by atoms with E-state index in [0.29, 0.717) is 0 Å². The zero-order valence-corrected chi connectivity index (χ0v) is 9.32. The van der Waals surface area contributed by atoms with E-state index in [1.54, 1.807) is 13.8 Å². The number of urea groups is 1. The van der Waals surface area contributed by atoms with E-state index in [0.717, 1.165) is 0 Å². The van der Waals surface area contributed by atoms with E-state index in [2.05, 4.69) is 14.8 Å². The van der Waals surface area contributed by atoms with E-state index < -0.39 is 23.9 Å². The van der Waals surface area contributed by atoms with Crippen LogP contribution in [0.3, 0.4) is 0 Å². The molecule has 0 aromatic rings. The fourth-order valence-corrected chi connectivity index (χ4v) is 0.951. The van der Waals surface area contributed by atoms with Gasteiger partial charge in [0, 0.05) is 6.54 Å². The van der Waals surface area contributed by atoms with Crippen molar-refractivity contribution in [2.45, 2.75) is 13.8 Å². The third-order valence-electron chi connectivity index (χ3n) is 1.62. The average Bonchev–Trinajstić information content (AvgIpc) is 2.18. The average molecular weight is 232 g/mol. The van der Waals surface area contributed by atoms with Crippen LogP contribution in [0.5, 0.6) is 0 Å². The van der Waals surface area contributed by atoms with Crippen LogP contribution < -0.4 is 11.1 Å². The highest BCUT2D eigenvalue weighted by molar-refractivity contribution is 5.95. The number of nitrogens with two attached hydrogens (primary N) is 1. The molecule has 0 spiro atoms. The SMILES string of the molecule is CCOC(=O)C(CNC(N)=O)C(=O)OCC. The summed E-state index contributed by atoms with van der Waals surface area (Å²) in [5, 5.41) is 2.16. The molecule has 0 aromatic heterocycles. The third-order valence-corrected chi connectivity index (χ3v) is 1.62. The first-order valence-electron chi connectivity index (χ1n) is 4.89. The van der Waals surface area contributed by atoms with Crippen LogP contribution in [0.25, 0.3) is 0 Å². The molecule has 92 valence electrons. The van der Waals surface area contributed by atoms with Crippen molar-refractivity contribution in [3.05, 3.63) is 0 Å². The standard InChI is InChI=1S/C9H16N2O5/c1-3-15-7(12)6(5-11-9(10)14)8(13)16-4-2/h6H,3-5H2,1-2H3,(H3,10,11,14). The molecule has 0 fully saturated rings. The second-order valence-corrected chi connectivity index (χ2v) is 2.80. The van der Waals surface area contributed by atoms with Crippen LogP contribution in [0.4, 0.5) is 4.79 Å². The van der Waals surface area contributed by atoms with Crippen molar-refractivity contribution in [3.8, 4) is 0 Å². The zero-order chi connectivity index (χ0) is 12.6. The second kappa shape index (κ2) is 7.49. The lowest BCUT2D eigenvalue weighted by atomic mass is 10.1. The van der Waals surface area contributed by atoms with Crippen molar-refractivity contribution in [3.63, 3.8) is 0 Å². The maximum atomic E-state index is 11.4. The summed E-state index contributed by atoms with van der Waals surface area (Å²) in [5.41, 5.74) is 4.83. The molecule has 0 saturated carbocycles. The van der Waals surface area contributed by atoms with E-state index in [4.69, 9.17) is 5.73 Å². The number of carbonyl (C=O) groups excluding carboxylic acids is 3. The number of rotatable bonds is 6. The molecule has 0 aliphatic rings. The molecule has 0 radical (unpaired) electrons. The van der Waals surface area contributed by atoms with Crippen molar-refractivity contribution < 1.29 is 23.9 Å². The Morgan fingerprint density at radius 2 is 1.56 bits per heavy atom. The normalized spacial score (nSPS) is 9.69. The molecule has 3 N–H and O–H groups in total. The zero-order valence-electron chi connectivity index (χ0n) is 9.32. The molecular formula is C9H16N2O5. The minimum absolute atomic E-state index is 0.144. The molecule has 16 heavy (non-hydrogen) atoms. The summed E-state index contributed by atoms with van der Waals surface area (Å²) in [6.45, 7) is 3.28. The van der Waals surface area contributed by atoms with Crippen LogP contribution in [0.15, 0.2) is 0 Å². The van der Waals surface area contributed by atoms with Gasteiger partial charge >= 0.3 is 18.0 Å². The van der Waals surface area contributed by atoms with E-state index in [9.17, 15) is 14.4 Å². The van der Waals surface area contributed by atoms with Crippen LogP contribution >= 0.6 is 0 Å². The lowest BCUT2D eigenvalue weighted by Gasteiger charge is -2.14. The third kappa shape index (κ3) is 5.18. The monoisotopic (exact) mass is 232 g/mol. The number of primary amides is 1. The first-order valence-corrected chi connectivity index (χ1v) is 4.89. The molecule has 0 aliphatic heterocycles. The predicted octanol–water partition coefficient (Wildman–Crippen LogP) is -0.603. The summed E-state index contributed by atoms with van der Waals surface area (Å²) >= 11 is 0. The minimum Gasteiger partial charge on any atom is -0.465 e. The Bertz CT molecular complexity index is 249. The van der Waals surface area contributed by atoms with Gasteiger partial charge in [-0.05, 0) is 13.8 Å². The van der Waals surface area contributed by atoms with Crippen molar-refractivity contribution in [1.29, 1.82) is 0 Å². The largest absolute Gasteiger partial charge is 0.465 e. The van der Waals surface area contributed by atoms with Gasteiger partial charge in [0.2, 0.25) is 0 Å². The van der Waals surface area contributed by atoms with E-state index in [1.807, 2.05) is 0 Å². The van der Waals surface area contributed by atoms with Gasteiger partial charge in [0.1, 0.15) is 0 Å². The number of ether oxygens (including phenoxy) is 2. The molecule has 0 aromatic carbocycles. The smallest absolute Gasteiger partial charge is 0.322 e. The van der Waals surface area contributed by atoms with Crippen molar-refractivity contribution >= 4 is 18.0 Å². The summed E-state index contributed by atoms with van der Waals surface area (Å²) in [6.07, 6.45) is 0. The number of hydrogen-bond donors (Lipinski definition) is 2. The number of esters is 2. The van der Waals surface area contributed by atoms with E-state index >= 15 is 0 Å². The van der Waals surface area contributed by atoms with Crippen molar-refractivity contribution in [2.24, 2.45) is 11.7 Å². The topological polar surface area (TPSA) is 108 Å². The highest BCUT2D eigenvalue weighted by Crippen LogP contribution is 2.02. The maximum Gasteiger partial charge on any atom is 0.322 e. The Morgan fingerprint density at radius 3 is 1.88 bits per heavy atom. The number of amides is 2. The van der Waals surface area contributed by atoms with Crippen LogP contribution in [0.2, 0.25) is 0 Å². The Hall–Kier alpha value is -1.79. The predicted molar refractivity (Wildman–Crippen MR) is 54.3 cm³/mol. The summed E-state index contributed by atoms with van der Waals surface area (Å²) in [6, 6.07) is -0.821. The first-order chi connectivity index (χ1) is 7.52. The van der Waals surface area contributed by atoms with Crippen LogP contribution in [0, 0.1) is 5.92 Å². The Labute approximate surface area is 93.3 Å². The van der Waals surface area contributed by atoms with Gasteiger partial charge in [-0.1, -0.05) is 0 Å².